The molecule has 1 unspecified atom stereocenters. The third-order valence-electron chi connectivity index (χ3n) is 3.18. The predicted molar refractivity (Wildman–Crippen MR) is 57.0 cm³/mol. The molecular formula is C12H15N3. The summed E-state index contributed by atoms with van der Waals surface area (Å²) in [6.07, 6.45) is 9.42. The van der Waals surface area contributed by atoms with Gasteiger partial charge >= 0.3 is 0 Å². The molecule has 0 bridgehead atoms. The molecule has 1 saturated carbocycles. The highest BCUT2D eigenvalue weighted by molar-refractivity contribution is 5.16. The average Bonchev–Trinajstić information content (AvgIpc) is 2.33. The van der Waals surface area contributed by atoms with E-state index in [1.54, 1.807) is 6.20 Å². The van der Waals surface area contributed by atoms with E-state index in [4.69, 9.17) is 0 Å². The lowest BCUT2D eigenvalue weighted by Crippen LogP contribution is -2.16. The van der Waals surface area contributed by atoms with E-state index in [-0.39, 0.29) is 5.92 Å². The summed E-state index contributed by atoms with van der Waals surface area (Å²) in [5.74, 6) is 0.465. The lowest BCUT2D eigenvalue weighted by Gasteiger charge is -2.25. The van der Waals surface area contributed by atoms with Crippen molar-refractivity contribution in [2.75, 3.05) is 0 Å². The number of rotatable bonds is 2. The van der Waals surface area contributed by atoms with Gasteiger partial charge in [-0.1, -0.05) is 19.3 Å². The highest BCUT2D eigenvalue weighted by atomic mass is 14.8. The third-order valence-corrected chi connectivity index (χ3v) is 3.18. The second-order valence-corrected chi connectivity index (χ2v) is 4.14. The van der Waals surface area contributed by atoms with Crippen molar-refractivity contribution >= 4 is 0 Å². The molecule has 15 heavy (non-hydrogen) atoms. The van der Waals surface area contributed by atoms with E-state index in [1.165, 1.54) is 38.4 Å². The minimum atomic E-state index is -0.0340. The molecule has 1 aromatic rings. The van der Waals surface area contributed by atoms with E-state index >= 15 is 0 Å². The summed E-state index contributed by atoms with van der Waals surface area (Å²) in [4.78, 5) is 8.08. The van der Waals surface area contributed by atoms with E-state index in [0.717, 1.165) is 5.69 Å². The fraction of sp³-hybridized carbons (Fsp3) is 0.583. The van der Waals surface area contributed by atoms with Crippen LogP contribution in [0.15, 0.2) is 18.6 Å². The second kappa shape index (κ2) is 4.88. The first-order chi connectivity index (χ1) is 7.42. The van der Waals surface area contributed by atoms with E-state index in [1.807, 2.05) is 6.07 Å². The lowest BCUT2D eigenvalue weighted by molar-refractivity contribution is 0.332. The molecule has 3 heteroatoms. The number of hydrogen-bond acceptors (Lipinski definition) is 3. The van der Waals surface area contributed by atoms with Gasteiger partial charge in [-0.05, 0) is 24.8 Å². The van der Waals surface area contributed by atoms with Crippen LogP contribution in [0, 0.1) is 17.2 Å². The Morgan fingerprint density at radius 3 is 2.73 bits per heavy atom. The van der Waals surface area contributed by atoms with Crippen molar-refractivity contribution in [1.29, 1.82) is 5.26 Å². The fourth-order valence-corrected chi connectivity index (χ4v) is 2.37. The Labute approximate surface area is 90.2 Å². The molecule has 0 spiro atoms. The molecule has 1 fully saturated rings. The van der Waals surface area contributed by atoms with Crippen LogP contribution in [0.2, 0.25) is 0 Å². The van der Waals surface area contributed by atoms with Crippen molar-refractivity contribution in [3.63, 3.8) is 0 Å². The zero-order chi connectivity index (χ0) is 10.5. The molecule has 1 aliphatic carbocycles. The van der Waals surface area contributed by atoms with Crippen LogP contribution in [0.25, 0.3) is 0 Å². The maximum absolute atomic E-state index is 9.22. The molecule has 1 atom stereocenters. The van der Waals surface area contributed by atoms with Crippen molar-refractivity contribution in [2.24, 2.45) is 5.92 Å². The molecule has 0 aromatic carbocycles. The molecule has 0 N–H and O–H groups in total. The van der Waals surface area contributed by atoms with E-state index in [9.17, 15) is 5.26 Å². The van der Waals surface area contributed by atoms with Gasteiger partial charge in [0, 0.05) is 6.20 Å². The minimum Gasteiger partial charge on any atom is -0.245 e. The Morgan fingerprint density at radius 2 is 2.13 bits per heavy atom. The summed E-state index contributed by atoms with van der Waals surface area (Å²) in [5, 5.41) is 9.22. The molecule has 0 saturated heterocycles. The van der Waals surface area contributed by atoms with Crippen molar-refractivity contribution in [1.82, 2.24) is 9.97 Å². The first-order valence-corrected chi connectivity index (χ1v) is 5.57. The quantitative estimate of drug-likeness (QED) is 0.739. The Kier molecular flexibility index (Phi) is 3.29. The van der Waals surface area contributed by atoms with Crippen LogP contribution in [0.5, 0.6) is 0 Å². The molecule has 1 aliphatic rings. The van der Waals surface area contributed by atoms with Crippen LogP contribution in [0.4, 0.5) is 0 Å². The molecule has 3 nitrogen and oxygen atoms in total. The van der Waals surface area contributed by atoms with Crippen LogP contribution >= 0.6 is 0 Å². The van der Waals surface area contributed by atoms with E-state index < -0.39 is 0 Å². The van der Waals surface area contributed by atoms with Crippen molar-refractivity contribution < 1.29 is 0 Å². The highest BCUT2D eigenvalue weighted by Gasteiger charge is 2.25. The summed E-state index contributed by atoms with van der Waals surface area (Å²) in [5.41, 5.74) is 0.888. The Morgan fingerprint density at radius 1 is 1.33 bits per heavy atom. The second-order valence-electron chi connectivity index (χ2n) is 4.14. The first kappa shape index (κ1) is 10.1. The standard InChI is InChI=1S/C12H15N3/c13-8-11(10-4-2-1-3-5-10)12-6-7-14-9-15-12/h6-7,9-11H,1-5H2. The number of nitrogens with zero attached hydrogens (tertiary/aromatic N) is 3. The summed E-state index contributed by atoms with van der Waals surface area (Å²) in [6.45, 7) is 0. The van der Waals surface area contributed by atoms with Gasteiger partial charge in [-0.25, -0.2) is 9.97 Å². The molecular weight excluding hydrogens is 186 g/mol. The van der Waals surface area contributed by atoms with Gasteiger partial charge in [0.05, 0.1) is 17.7 Å². The topological polar surface area (TPSA) is 49.6 Å². The van der Waals surface area contributed by atoms with Gasteiger partial charge in [0.1, 0.15) is 6.33 Å². The predicted octanol–water partition coefficient (Wildman–Crippen LogP) is 2.66. The normalized spacial score (nSPS) is 19.4. The molecule has 78 valence electrons. The molecule has 1 aromatic heterocycles. The highest BCUT2D eigenvalue weighted by Crippen LogP contribution is 2.34. The maximum atomic E-state index is 9.22. The Balaban J connectivity index is 2.14. The summed E-state index contributed by atoms with van der Waals surface area (Å²) in [6, 6.07) is 4.26. The van der Waals surface area contributed by atoms with Crippen LogP contribution in [0.3, 0.4) is 0 Å². The smallest absolute Gasteiger partial charge is 0.115 e. The van der Waals surface area contributed by atoms with Crippen LogP contribution < -0.4 is 0 Å². The van der Waals surface area contributed by atoms with Crippen LogP contribution in [-0.2, 0) is 0 Å². The van der Waals surface area contributed by atoms with Gasteiger partial charge in [0.2, 0.25) is 0 Å². The number of aromatic nitrogens is 2. The van der Waals surface area contributed by atoms with Crippen molar-refractivity contribution in [2.45, 2.75) is 38.0 Å². The lowest BCUT2D eigenvalue weighted by atomic mass is 9.79. The van der Waals surface area contributed by atoms with Gasteiger partial charge in [-0.15, -0.1) is 0 Å². The van der Waals surface area contributed by atoms with Crippen LogP contribution in [0.1, 0.15) is 43.7 Å². The van der Waals surface area contributed by atoms with Crippen LogP contribution in [-0.4, -0.2) is 9.97 Å². The largest absolute Gasteiger partial charge is 0.245 e. The minimum absolute atomic E-state index is 0.0340. The Hall–Kier alpha value is -1.43. The maximum Gasteiger partial charge on any atom is 0.115 e. The summed E-state index contributed by atoms with van der Waals surface area (Å²) in [7, 11) is 0. The summed E-state index contributed by atoms with van der Waals surface area (Å²) >= 11 is 0. The first-order valence-electron chi connectivity index (χ1n) is 5.57. The van der Waals surface area contributed by atoms with Gasteiger partial charge < -0.3 is 0 Å². The zero-order valence-electron chi connectivity index (χ0n) is 8.76. The van der Waals surface area contributed by atoms with Gasteiger partial charge in [-0.2, -0.15) is 5.26 Å². The van der Waals surface area contributed by atoms with E-state index in [0.29, 0.717) is 5.92 Å². The Bertz CT molecular complexity index is 336. The SMILES string of the molecule is N#CC(c1ccncn1)C1CCCCC1. The van der Waals surface area contributed by atoms with E-state index in [2.05, 4.69) is 16.0 Å². The van der Waals surface area contributed by atoms with Gasteiger partial charge in [0.25, 0.3) is 0 Å². The third kappa shape index (κ3) is 2.33. The van der Waals surface area contributed by atoms with Gasteiger partial charge in [0.15, 0.2) is 0 Å². The van der Waals surface area contributed by atoms with Crippen molar-refractivity contribution in [3.8, 4) is 6.07 Å². The van der Waals surface area contributed by atoms with Gasteiger partial charge in [-0.3, -0.25) is 0 Å². The number of nitriles is 1. The summed E-state index contributed by atoms with van der Waals surface area (Å²) < 4.78 is 0. The molecule has 0 aliphatic heterocycles. The molecule has 0 amide bonds. The monoisotopic (exact) mass is 201 g/mol. The average molecular weight is 201 g/mol. The molecule has 0 radical (unpaired) electrons. The molecule has 2 rings (SSSR count). The zero-order valence-corrected chi connectivity index (χ0v) is 8.76. The molecule has 1 heterocycles. The fourth-order valence-electron chi connectivity index (χ4n) is 2.37. The van der Waals surface area contributed by atoms with Crippen molar-refractivity contribution in [3.05, 3.63) is 24.3 Å². The number of hydrogen-bond donors (Lipinski definition) is 0.